The first-order valence-electron chi connectivity index (χ1n) is 11.3. The molecule has 1 saturated carbocycles. The van der Waals surface area contributed by atoms with Crippen LogP contribution in [0.1, 0.15) is 58.3 Å². The van der Waals surface area contributed by atoms with Crippen molar-refractivity contribution in [2.24, 2.45) is 10.9 Å². The van der Waals surface area contributed by atoms with Crippen LogP contribution in [-0.2, 0) is 9.47 Å². The highest BCUT2D eigenvalue weighted by Gasteiger charge is 2.30. The molecule has 0 aromatic carbocycles. The minimum Gasteiger partial charge on any atom is -0.381 e. The molecule has 6 nitrogen and oxygen atoms in total. The van der Waals surface area contributed by atoms with E-state index in [4.69, 9.17) is 14.5 Å². The van der Waals surface area contributed by atoms with Gasteiger partial charge in [0.15, 0.2) is 5.96 Å². The number of ether oxygens (including phenoxy) is 2. The summed E-state index contributed by atoms with van der Waals surface area (Å²) in [5.74, 6) is 1.66. The van der Waals surface area contributed by atoms with Crippen LogP contribution in [0.2, 0.25) is 0 Å². The van der Waals surface area contributed by atoms with Crippen LogP contribution in [0.3, 0.4) is 0 Å². The van der Waals surface area contributed by atoms with Gasteiger partial charge in [-0.25, -0.2) is 0 Å². The number of likely N-dealkylation sites (tertiary alicyclic amines) is 1. The number of hydrogen-bond acceptors (Lipinski definition) is 4. The van der Waals surface area contributed by atoms with E-state index in [1.165, 1.54) is 45.2 Å². The summed E-state index contributed by atoms with van der Waals surface area (Å²) in [4.78, 5) is 7.45. The summed E-state index contributed by atoms with van der Waals surface area (Å²) in [6.07, 6.45) is 10.1. The van der Waals surface area contributed by atoms with E-state index in [9.17, 15) is 0 Å². The van der Waals surface area contributed by atoms with Crippen molar-refractivity contribution < 1.29 is 9.47 Å². The zero-order chi connectivity index (χ0) is 18.7. The zero-order valence-corrected chi connectivity index (χ0v) is 17.3. The number of rotatable bonds is 9. The van der Waals surface area contributed by atoms with Gasteiger partial charge >= 0.3 is 0 Å². The van der Waals surface area contributed by atoms with Crippen molar-refractivity contribution >= 4 is 5.96 Å². The lowest BCUT2D eigenvalue weighted by Crippen LogP contribution is -2.45. The summed E-state index contributed by atoms with van der Waals surface area (Å²) in [6.45, 7) is 9.75. The Bertz CT molecular complexity index is 434. The zero-order valence-electron chi connectivity index (χ0n) is 17.3. The van der Waals surface area contributed by atoms with E-state index in [-0.39, 0.29) is 0 Å². The van der Waals surface area contributed by atoms with Crippen molar-refractivity contribution in [3.8, 4) is 0 Å². The summed E-state index contributed by atoms with van der Waals surface area (Å²) in [5, 5.41) is 7.06. The van der Waals surface area contributed by atoms with Gasteiger partial charge in [-0.15, -0.1) is 0 Å². The topological polar surface area (TPSA) is 58.1 Å². The Kier molecular flexibility index (Phi) is 9.18. The Labute approximate surface area is 165 Å². The Balaban J connectivity index is 1.30. The summed E-state index contributed by atoms with van der Waals surface area (Å²) < 4.78 is 11.2. The van der Waals surface area contributed by atoms with Crippen molar-refractivity contribution in [3.63, 3.8) is 0 Å². The molecule has 0 bridgehead atoms. The van der Waals surface area contributed by atoms with Crippen LogP contribution in [0.5, 0.6) is 0 Å². The van der Waals surface area contributed by atoms with E-state index >= 15 is 0 Å². The standard InChI is InChI=1S/C21H40N4O2/c1-2-22-21(23-11-5-13-27-17-18-9-14-26-15-10-18)24-19-8-12-25(16-19)20-6-3-4-7-20/h18-20H,2-17H2,1H3,(H2,22,23,24). The first-order valence-corrected chi connectivity index (χ1v) is 11.3. The predicted octanol–water partition coefficient (Wildman–Crippen LogP) is 2.39. The Hall–Kier alpha value is -0.850. The Morgan fingerprint density at radius 3 is 2.74 bits per heavy atom. The van der Waals surface area contributed by atoms with Crippen molar-refractivity contribution in [1.29, 1.82) is 0 Å². The fraction of sp³-hybridized carbons (Fsp3) is 0.952. The van der Waals surface area contributed by atoms with Crippen molar-refractivity contribution in [2.75, 3.05) is 52.6 Å². The van der Waals surface area contributed by atoms with E-state index in [2.05, 4.69) is 22.5 Å². The summed E-state index contributed by atoms with van der Waals surface area (Å²) in [5.41, 5.74) is 0. The summed E-state index contributed by atoms with van der Waals surface area (Å²) in [6, 6.07) is 1.37. The van der Waals surface area contributed by atoms with E-state index in [0.29, 0.717) is 12.0 Å². The van der Waals surface area contributed by atoms with Gasteiger partial charge in [0.2, 0.25) is 0 Å². The Morgan fingerprint density at radius 2 is 1.96 bits per heavy atom. The third-order valence-electron chi connectivity index (χ3n) is 6.16. The molecule has 156 valence electrons. The molecule has 3 rings (SSSR count). The molecule has 2 N–H and O–H groups in total. The minimum atomic E-state index is 0.535. The average molecular weight is 381 g/mol. The molecule has 1 atom stereocenters. The maximum atomic E-state index is 5.85. The van der Waals surface area contributed by atoms with Crippen LogP contribution in [-0.4, -0.2) is 75.5 Å². The van der Waals surface area contributed by atoms with Gasteiger partial charge < -0.3 is 20.1 Å². The monoisotopic (exact) mass is 380 g/mol. The molecular formula is C21H40N4O2. The highest BCUT2D eigenvalue weighted by Crippen LogP contribution is 2.26. The van der Waals surface area contributed by atoms with Crippen molar-refractivity contribution in [2.45, 2.75) is 70.4 Å². The van der Waals surface area contributed by atoms with E-state index in [0.717, 1.165) is 70.8 Å². The van der Waals surface area contributed by atoms with Crippen LogP contribution >= 0.6 is 0 Å². The van der Waals surface area contributed by atoms with Gasteiger partial charge in [0.25, 0.3) is 0 Å². The predicted molar refractivity (Wildman–Crippen MR) is 110 cm³/mol. The van der Waals surface area contributed by atoms with Gasteiger partial charge in [-0.05, 0) is 51.4 Å². The average Bonchev–Trinajstić information content (AvgIpc) is 3.37. The van der Waals surface area contributed by atoms with Gasteiger partial charge in [-0.1, -0.05) is 12.8 Å². The number of nitrogens with zero attached hydrogens (tertiary/aromatic N) is 2. The SMILES string of the molecule is CCNC(=NCCCOCC1CCOCC1)NC1CCN(C2CCCC2)C1. The third kappa shape index (κ3) is 7.24. The molecule has 0 aromatic heterocycles. The molecule has 27 heavy (non-hydrogen) atoms. The quantitative estimate of drug-likeness (QED) is 0.365. The molecule has 2 heterocycles. The molecule has 2 saturated heterocycles. The highest BCUT2D eigenvalue weighted by molar-refractivity contribution is 5.80. The summed E-state index contributed by atoms with van der Waals surface area (Å²) >= 11 is 0. The summed E-state index contributed by atoms with van der Waals surface area (Å²) in [7, 11) is 0. The third-order valence-corrected chi connectivity index (χ3v) is 6.16. The molecule has 2 aliphatic heterocycles. The lowest BCUT2D eigenvalue weighted by Gasteiger charge is -2.24. The van der Waals surface area contributed by atoms with Crippen LogP contribution in [0, 0.1) is 5.92 Å². The second-order valence-electron chi connectivity index (χ2n) is 8.31. The number of guanidine groups is 1. The van der Waals surface area contributed by atoms with Gasteiger partial charge in [0.1, 0.15) is 0 Å². The minimum absolute atomic E-state index is 0.535. The first kappa shape index (κ1) is 20.9. The molecule has 0 spiro atoms. The van der Waals surface area contributed by atoms with Gasteiger partial charge in [-0.2, -0.15) is 0 Å². The van der Waals surface area contributed by atoms with Crippen LogP contribution < -0.4 is 10.6 Å². The van der Waals surface area contributed by atoms with Gasteiger partial charge in [0, 0.05) is 64.7 Å². The van der Waals surface area contributed by atoms with Crippen molar-refractivity contribution in [1.82, 2.24) is 15.5 Å². The molecule has 0 radical (unpaired) electrons. The maximum Gasteiger partial charge on any atom is 0.191 e. The molecule has 1 unspecified atom stereocenters. The molecular weight excluding hydrogens is 340 g/mol. The van der Waals surface area contributed by atoms with Gasteiger partial charge in [0.05, 0.1) is 0 Å². The van der Waals surface area contributed by atoms with Gasteiger partial charge in [-0.3, -0.25) is 9.89 Å². The molecule has 0 aromatic rings. The second kappa shape index (κ2) is 11.9. The fourth-order valence-electron chi connectivity index (χ4n) is 4.54. The largest absolute Gasteiger partial charge is 0.381 e. The highest BCUT2D eigenvalue weighted by atomic mass is 16.5. The lowest BCUT2D eigenvalue weighted by atomic mass is 10.0. The maximum absolute atomic E-state index is 5.85. The van der Waals surface area contributed by atoms with Crippen LogP contribution in [0.15, 0.2) is 4.99 Å². The Morgan fingerprint density at radius 1 is 1.15 bits per heavy atom. The fourth-order valence-corrected chi connectivity index (χ4v) is 4.54. The van der Waals surface area contributed by atoms with E-state index < -0.39 is 0 Å². The number of hydrogen-bond donors (Lipinski definition) is 2. The molecule has 1 aliphatic carbocycles. The second-order valence-corrected chi connectivity index (χ2v) is 8.31. The normalized spacial score (nSPS) is 26.0. The smallest absolute Gasteiger partial charge is 0.191 e. The van der Waals surface area contributed by atoms with Crippen molar-refractivity contribution in [3.05, 3.63) is 0 Å². The number of aliphatic imine (C=N–C) groups is 1. The lowest BCUT2D eigenvalue weighted by molar-refractivity contribution is 0.0205. The first-order chi connectivity index (χ1) is 13.3. The van der Waals surface area contributed by atoms with E-state index in [1.54, 1.807) is 0 Å². The molecule has 0 amide bonds. The number of nitrogens with one attached hydrogen (secondary N) is 2. The molecule has 3 fully saturated rings. The molecule has 6 heteroatoms. The van der Waals surface area contributed by atoms with Crippen LogP contribution in [0.25, 0.3) is 0 Å². The molecule has 3 aliphatic rings. The van der Waals surface area contributed by atoms with E-state index in [1.807, 2.05) is 0 Å². The van der Waals surface area contributed by atoms with Crippen LogP contribution in [0.4, 0.5) is 0 Å².